The Kier molecular flexibility index (Phi) is 5.31. The monoisotopic (exact) mass is 454 g/mol. The SMILES string of the molecule is C=c1[nH]nc(-c2nc3nccc(-c4cccs4)c3[nH]2)/c1=C/C(=NC)c1cncc(N(C)C)c1. The number of thiophene rings is 1. The molecule has 5 rings (SSSR count). The summed E-state index contributed by atoms with van der Waals surface area (Å²) in [6, 6.07) is 8.16. The first-order valence-corrected chi connectivity index (χ1v) is 11.2. The van der Waals surface area contributed by atoms with Crippen LogP contribution in [0.5, 0.6) is 0 Å². The molecule has 0 aliphatic carbocycles. The number of aromatic amines is 2. The summed E-state index contributed by atoms with van der Waals surface area (Å²) in [4.78, 5) is 24.6. The highest BCUT2D eigenvalue weighted by Crippen LogP contribution is 2.30. The van der Waals surface area contributed by atoms with E-state index in [1.165, 1.54) is 0 Å². The standard InChI is InChI=1S/C24H22N8S/c1-14-18(11-19(25-2)15-10-16(32(3)4)13-26-12-15)22(31-30-14)24-28-21-17(20-6-5-9-33-20)7-8-27-23(21)29-24/h5-13,30H,1H2,2-4H3,(H,27,28,29)/b18-11+,25-19?. The van der Waals surface area contributed by atoms with Crippen molar-refractivity contribution in [1.29, 1.82) is 0 Å². The lowest BCUT2D eigenvalue weighted by Crippen LogP contribution is -2.24. The van der Waals surface area contributed by atoms with Crippen LogP contribution in [0.25, 0.3) is 45.8 Å². The van der Waals surface area contributed by atoms with Gasteiger partial charge < -0.3 is 9.88 Å². The highest BCUT2D eigenvalue weighted by molar-refractivity contribution is 7.13. The summed E-state index contributed by atoms with van der Waals surface area (Å²) in [5.41, 5.74) is 5.91. The number of fused-ring (bicyclic) bond motifs is 1. The molecule has 0 bridgehead atoms. The van der Waals surface area contributed by atoms with Gasteiger partial charge in [0.25, 0.3) is 0 Å². The minimum Gasteiger partial charge on any atom is -0.376 e. The van der Waals surface area contributed by atoms with E-state index in [0.717, 1.165) is 38.1 Å². The van der Waals surface area contributed by atoms with Crippen LogP contribution in [0.3, 0.4) is 0 Å². The Morgan fingerprint density at radius 2 is 2.12 bits per heavy atom. The van der Waals surface area contributed by atoms with Crippen molar-refractivity contribution in [2.45, 2.75) is 0 Å². The van der Waals surface area contributed by atoms with Gasteiger partial charge in [-0.05, 0) is 29.7 Å². The van der Waals surface area contributed by atoms with Crippen molar-refractivity contribution < 1.29 is 0 Å². The molecule has 5 aromatic rings. The highest BCUT2D eigenvalue weighted by Gasteiger charge is 2.15. The smallest absolute Gasteiger partial charge is 0.178 e. The van der Waals surface area contributed by atoms with E-state index in [-0.39, 0.29) is 0 Å². The number of nitrogens with zero attached hydrogens (tertiary/aromatic N) is 6. The number of hydrogen-bond acceptors (Lipinski definition) is 7. The Morgan fingerprint density at radius 1 is 1.24 bits per heavy atom. The highest BCUT2D eigenvalue weighted by atomic mass is 32.1. The maximum atomic E-state index is 4.72. The number of pyridine rings is 2. The van der Waals surface area contributed by atoms with Crippen molar-refractivity contribution in [2.24, 2.45) is 4.99 Å². The van der Waals surface area contributed by atoms with Crippen LogP contribution in [-0.2, 0) is 0 Å². The largest absolute Gasteiger partial charge is 0.376 e. The second-order valence-electron chi connectivity index (χ2n) is 7.66. The molecule has 0 saturated carbocycles. The summed E-state index contributed by atoms with van der Waals surface area (Å²) in [6.45, 7) is 4.12. The van der Waals surface area contributed by atoms with Gasteiger partial charge in [0.05, 0.1) is 28.5 Å². The van der Waals surface area contributed by atoms with Gasteiger partial charge in [-0.15, -0.1) is 11.3 Å². The van der Waals surface area contributed by atoms with Crippen LogP contribution in [0, 0.1) is 0 Å². The lowest BCUT2D eigenvalue weighted by atomic mass is 10.1. The van der Waals surface area contributed by atoms with Crippen molar-refractivity contribution in [3.8, 4) is 22.0 Å². The number of hydrogen-bond donors (Lipinski definition) is 2. The van der Waals surface area contributed by atoms with Crippen LogP contribution in [0.1, 0.15) is 5.56 Å². The number of aromatic nitrogens is 6. The Hall–Kier alpha value is -4.11. The maximum absolute atomic E-state index is 4.72. The van der Waals surface area contributed by atoms with E-state index >= 15 is 0 Å². The maximum Gasteiger partial charge on any atom is 0.178 e. The average molecular weight is 455 g/mol. The molecule has 0 unspecified atom stereocenters. The van der Waals surface area contributed by atoms with E-state index in [2.05, 4.69) is 48.2 Å². The van der Waals surface area contributed by atoms with Crippen molar-refractivity contribution in [1.82, 2.24) is 30.1 Å². The molecule has 0 aliphatic rings. The first-order chi connectivity index (χ1) is 16.0. The van der Waals surface area contributed by atoms with Gasteiger partial charge in [0.2, 0.25) is 0 Å². The van der Waals surface area contributed by atoms with Gasteiger partial charge in [-0.25, -0.2) is 9.97 Å². The Labute approximate surface area is 194 Å². The zero-order valence-corrected chi connectivity index (χ0v) is 19.3. The van der Waals surface area contributed by atoms with E-state index in [1.54, 1.807) is 30.8 Å². The Balaban J connectivity index is 1.64. The second-order valence-corrected chi connectivity index (χ2v) is 8.61. The quantitative estimate of drug-likeness (QED) is 0.398. The van der Waals surface area contributed by atoms with Crippen molar-refractivity contribution >= 4 is 46.6 Å². The molecule has 33 heavy (non-hydrogen) atoms. The molecule has 5 heterocycles. The number of H-pyrrole nitrogens is 2. The van der Waals surface area contributed by atoms with Gasteiger partial charge in [-0.2, -0.15) is 5.10 Å². The van der Waals surface area contributed by atoms with Crippen LogP contribution in [0.15, 0.2) is 53.2 Å². The molecule has 0 aromatic carbocycles. The Bertz CT molecular complexity index is 1570. The van der Waals surface area contributed by atoms with Gasteiger partial charge in [-0.3, -0.25) is 15.1 Å². The minimum atomic E-state index is 0.620. The molecule has 5 aromatic heterocycles. The average Bonchev–Trinajstić information content (AvgIpc) is 3.57. The molecule has 9 heteroatoms. The number of aliphatic imine (C=N–C) groups is 1. The number of rotatable bonds is 5. The molecule has 0 saturated heterocycles. The van der Waals surface area contributed by atoms with Crippen LogP contribution in [0.2, 0.25) is 0 Å². The van der Waals surface area contributed by atoms with Crippen LogP contribution >= 0.6 is 11.3 Å². The van der Waals surface area contributed by atoms with Gasteiger partial charge in [-0.1, -0.05) is 12.6 Å². The third-order valence-corrected chi connectivity index (χ3v) is 6.25. The zero-order chi connectivity index (χ0) is 22.9. The summed E-state index contributed by atoms with van der Waals surface area (Å²) in [5.74, 6) is 0.620. The van der Waals surface area contributed by atoms with Gasteiger partial charge in [0.1, 0.15) is 5.69 Å². The normalized spacial score (nSPS) is 12.6. The van der Waals surface area contributed by atoms with Gasteiger partial charge in [0.15, 0.2) is 11.5 Å². The summed E-state index contributed by atoms with van der Waals surface area (Å²) in [5, 5.41) is 11.0. The van der Waals surface area contributed by atoms with E-state index in [0.29, 0.717) is 22.5 Å². The molecule has 164 valence electrons. The third-order valence-electron chi connectivity index (χ3n) is 5.34. The van der Waals surface area contributed by atoms with Crippen molar-refractivity contribution in [3.63, 3.8) is 0 Å². The first-order valence-electron chi connectivity index (χ1n) is 10.3. The molecule has 0 radical (unpaired) electrons. The van der Waals surface area contributed by atoms with E-state index < -0.39 is 0 Å². The zero-order valence-electron chi connectivity index (χ0n) is 18.5. The van der Waals surface area contributed by atoms with E-state index in [4.69, 9.17) is 4.98 Å². The fourth-order valence-electron chi connectivity index (χ4n) is 3.61. The molecule has 0 fully saturated rings. The Morgan fingerprint density at radius 3 is 2.88 bits per heavy atom. The minimum absolute atomic E-state index is 0.620. The summed E-state index contributed by atoms with van der Waals surface area (Å²) in [7, 11) is 5.72. The predicted molar refractivity (Wildman–Crippen MR) is 135 cm³/mol. The summed E-state index contributed by atoms with van der Waals surface area (Å²) in [6.07, 6.45) is 7.35. The molecular weight excluding hydrogens is 432 g/mol. The van der Waals surface area contributed by atoms with Crippen LogP contribution in [-0.4, -0.2) is 57.0 Å². The van der Waals surface area contributed by atoms with Gasteiger partial charge in [0, 0.05) is 54.8 Å². The van der Waals surface area contributed by atoms with E-state index in [1.807, 2.05) is 49.5 Å². The summed E-state index contributed by atoms with van der Waals surface area (Å²) < 4.78 is 0. The van der Waals surface area contributed by atoms with Gasteiger partial charge >= 0.3 is 0 Å². The second kappa shape index (κ2) is 8.44. The lowest BCUT2D eigenvalue weighted by molar-refractivity contribution is 1.06. The van der Waals surface area contributed by atoms with Crippen LogP contribution < -0.4 is 15.5 Å². The number of nitrogens with one attached hydrogen (secondary N) is 2. The summed E-state index contributed by atoms with van der Waals surface area (Å²) >= 11 is 1.68. The topological polar surface area (TPSA) is 98.7 Å². The molecule has 0 amide bonds. The third kappa shape index (κ3) is 3.83. The molecule has 0 atom stereocenters. The molecule has 8 nitrogen and oxygen atoms in total. The number of anilines is 1. The fraction of sp³-hybridized carbons (Fsp3) is 0.125. The molecular formula is C24H22N8S. The fourth-order valence-corrected chi connectivity index (χ4v) is 4.37. The van der Waals surface area contributed by atoms with Crippen molar-refractivity contribution in [2.75, 3.05) is 26.0 Å². The van der Waals surface area contributed by atoms with Crippen molar-refractivity contribution in [3.05, 3.63) is 64.4 Å². The number of imidazole rings is 1. The van der Waals surface area contributed by atoms with E-state index in [9.17, 15) is 0 Å². The first kappa shape index (κ1) is 20.8. The molecule has 0 spiro atoms. The lowest BCUT2D eigenvalue weighted by Gasteiger charge is -2.12. The molecule has 0 aliphatic heterocycles. The van der Waals surface area contributed by atoms with Crippen LogP contribution in [0.4, 0.5) is 5.69 Å². The predicted octanol–water partition coefficient (Wildman–Crippen LogP) is 2.85. The molecule has 2 N–H and O–H groups in total.